The zero-order valence-electron chi connectivity index (χ0n) is 17.8. The maximum atomic E-state index is 13.1. The lowest BCUT2D eigenvalue weighted by atomic mass is 10.1. The number of aromatic carboxylic acids is 1. The Kier molecular flexibility index (Phi) is 6.86. The lowest BCUT2D eigenvalue weighted by molar-refractivity contribution is -0.122. The van der Waals surface area contributed by atoms with Crippen LogP contribution in [0.4, 0.5) is 10.5 Å². The molecule has 0 aliphatic carbocycles. The molecule has 4 amide bonds. The molecule has 2 N–H and O–H groups in total. The van der Waals surface area contributed by atoms with E-state index in [0.717, 1.165) is 4.90 Å². The molecule has 3 aromatic rings. The lowest BCUT2D eigenvalue weighted by Crippen LogP contribution is -2.54. The molecule has 0 bridgehead atoms. The number of benzene rings is 3. The van der Waals surface area contributed by atoms with Crippen molar-refractivity contribution in [3.05, 3.63) is 99.0 Å². The van der Waals surface area contributed by atoms with E-state index in [1.54, 1.807) is 42.5 Å². The van der Waals surface area contributed by atoms with E-state index in [9.17, 15) is 19.2 Å². The molecule has 176 valence electrons. The molecule has 3 aromatic carbocycles. The molecule has 1 saturated heterocycles. The molecule has 1 fully saturated rings. The van der Waals surface area contributed by atoms with E-state index in [0.29, 0.717) is 26.9 Å². The van der Waals surface area contributed by atoms with Gasteiger partial charge in [-0.1, -0.05) is 47.5 Å². The monoisotopic (exact) mass is 510 g/mol. The summed E-state index contributed by atoms with van der Waals surface area (Å²) in [7, 11) is 0. The number of hydrogen-bond donors (Lipinski definition) is 2. The highest BCUT2D eigenvalue weighted by Gasteiger charge is 2.37. The second-order valence-electron chi connectivity index (χ2n) is 7.37. The minimum atomic E-state index is -1.15. The van der Waals surface area contributed by atoms with E-state index in [-0.39, 0.29) is 23.4 Å². The fraction of sp³-hybridized carbons (Fsp3) is 0.0400. The highest BCUT2D eigenvalue weighted by atomic mass is 35.5. The molecular formula is C25H16Cl2N2O6. The number of halogens is 2. The topological polar surface area (TPSA) is 113 Å². The fourth-order valence-electron chi connectivity index (χ4n) is 3.33. The number of imide groups is 2. The van der Waals surface area contributed by atoms with Gasteiger partial charge in [-0.15, -0.1) is 0 Å². The smallest absolute Gasteiger partial charge is 0.335 e. The third-order valence-electron chi connectivity index (χ3n) is 5.09. The number of urea groups is 1. The minimum Gasteiger partial charge on any atom is -0.488 e. The number of rotatable bonds is 6. The number of barbiturate groups is 1. The van der Waals surface area contributed by atoms with Crippen LogP contribution < -0.4 is 15.0 Å². The number of carboxylic acids is 1. The van der Waals surface area contributed by atoms with Crippen LogP contribution >= 0.6 is 23.2 Å². The minimum absolute atomic E-state index is 0.0164. The van der Waals surface area contributed by atoms with Crippen LogP contribution in [-0.2, 0) is 16.2 Å². The number of carboxylic acid groups (broad SMARTS) is 1. The Bertz CT molecular complexity index is 1380. The maximum absolute atomic E-state index is 13.1. The lowest BCUT2D eigenvalue weighted by Gasteiger charge is -2.26. The summed E-state index contributed by atoms with van der Waals surface area (Å²) in [4.78, 5) is 49.9. The Hall–Kier alpha value is -4.14. The Morgan fingerprint density at radius 1 is 1.00 bits per heavy atom. The Morgan fingerprint density at radius 2 is 1.71 bits per heavy atom. The van der Waals surface area contributed by atoms with Crippen LogP contribution in [0.5, 0.6) is 5.75 Å². The molecule has 1 aliphatic rings. The summed E-state index contributed by atoms with van der Waals surface area (Å²) in [6.07, 6.45) is 1.32. The van der Waals surface area contributed by atoms with Crippen LogP contribution in [0.3, 0.4) is 0 Å². The van der Waals surface area contributed by atoms with Crippen molar-refractivity contribution in [3.8, 4) is 5.75 Å². The molecule has 1 aliphatic heterocycles. The highest BCUT2D eigenvalue weighted by molar-refractivity contribution is 6.39. The van der Waals surface area contributed by atoms with Crippen molar-refractivity contribution >= 4 is 58.8 Å². The summed E-state index contributed by atoms with van der Waals surface area (Å²) >= 11 is 12.1. The summed E-state index contributed by atoms with van der Waals surface area (Å²) < 4.78 is 5.87. The summed E-state index contributed by atoms with van der Waals surface area (Å²) in [6.45, 7) is 0.108. The third kappa shape index (κ3) is 5.18. The first-order valence-corrected chi connectivity index (χ1v) is 10.9. The van der Waals surface area contributed by atoms with E-state index in [4.69, 9.17) is 33.0 Å². The van der Waals surface area contributed by atoms with E-state index < -0.39 is 23.8 Å². The largest absolute Gasteiger partial charge is 0.488 e. The van der Waals surface area contributed by atoms with Gasteiger partial charge in [0.05, 0.1) is 11.3 Å². The first kappa shape index (κ1) is 24.0. The normalized spacial score (nSPS) is 14.7. The van der Waals surface area contributed by atoms with Gasteiger partial charge in [-0.05, 0) is 48.5 Å². The number of hydrogen-bond acceptors (Lipinski definition) is 5. The van der Waals surface area contributed by atoms with Gasteiger partial charge < -0.3 is 9.84 Å². The molecule has 0 aromatic heterocycles. The van der Waals surface area contributed by atoms with E-state index >= 15 is 0 Å². The quantitative estimate of drug-likeness (QED) is 0.358. The summed E-state index contributed by atoms with van der Waals surface area (Å²) in [5, 5.41) is 12.1. The van der Waals surface area contributed by atoms with Gasteiger partial charge in [-0.3, -0.25) is 14.9 Å². The van der Waals surface area contributed by atoms with Crippen LogP contribution in [0, 0.1) is 0 Å². The summed E-state index contributed by atoms with van der Waals surface area (Å²) in [6, 6.07) is 15.9. The van der Waals surface area contributed by atoms with Crippen LogP contribution in [0.2, 0.25) is 10.0 Å². The molecule has 8 nitrogen and oxygen atoms in total. The molecule has 0 unspecified atom stereocenters. The van der Waals surface area contributed by atoms with Gasteiger partial charge in [0, 0.05) is 21.2 Å². The molecule has 0 saturated carbocycles. The van der Waals surface area contributed by atoms with Gasteiger partial charge in [0.25, 0.3) is 11.8 Å². The van der Waals surface area contributed by atoms with Crippen LogP contribution in [0.15, 0.2) is 72.3 Å². The number of carbonyl (C=O) groups is 4. The Labute approximate surface area is 209 Å². The van der Waals surface area contributed by atoms with Gasteiger partial charge in [0.15, 0.2) is 0 Å². The second kappa shape index (κ2) is 10.0. The number of anilines is 1. The molecule has 4 rings (SSSR count). The van der Waals surface area contributed by atoms with Gasteiger partial charge in [-0.25, -0.2) is 14.5 Å². The van der Waals surface area contributed by atoms with Crippen molar-refractivity contribution in [1.29, 1.82) is 0 Å². The standard InChI is InChI=1S/C25H16Cl2N2O6/c26-17-8-5-16(20(27)12-17)13-35-21-4-2-1-3-15(21)11-19-22(30)28-25(34)29(23(19)31)18-9-6-14(7-10-18)24(32)33/h1-12H,13H2,(H,32,33)(H,28,30,34)/b19-11+. The number of para-hydroxylation sites is 1. The molecule has 0 spiro atoms. The average Bonchev–Trinajstić information content (AvgIpc) is 2.82. The SMILES string of the molecule is O=C1NC(=O)N(c2ccc(C(=O)O)cc2)C(=O)/C1=C/c1ccccc1OCc1ccc(Cl)cc1Cl. The molecule has 1 heterocycles. The number of ether oxygens (including phenoxy) is 1. The van der Waals surface area contributed by atoms with Crippen molar-refractivity contribution in [3.63, 3.8) is 0 Å². The van der Waals surface area contributed by atoms with E-state index in [1.165, 1.54) is 30.3 Å². The van der Waals surface area contributed by atoms with Gasteiger partial charge in [-0.2, -0.15) is 0 Å². The second-order valence-corrected chi connectivity index (χ2v) is 8.22. The number of carbonyl (C=O) groups excluding carboxylic acids is 3. The molecule has 0 atom stereocenters. The molecular weight excluding hydrogens is 495 g/mol. The number of nitrogens with one attached hydrogen (secondary N) is 1. The van der Waals surface area contributed by atoms with Crippen LogP contribution in [0.1, 0.15) is 21.5 Å². The third-order valence-corrected chi connectivity index (χ3v) is 5.68. The summed E-state index contributed by atoms with van der Waals surface area (Å²) in [5.74, 6) is -2.51. The van der Waals surface area contributed by atoms with E-state index in [2.05, 4.69) is 5.32 Å². The summed E-state index contributed by atoms with van der Waals surface area (Å²) in [5.41, 5.74) is 0.904. The van der Waals surface area contributed by atoms with Crippen molar-refractivity contribution in [2.45, 2.75) is 6.61 Å². The first-order valence-electron chi connectivity index (χ1n) is 10.1. The van der Waals surface area contributed by atoms with Crippen LogP contribution in [-0.4, -0.2) is 28.9 Å². The predicted octanol–water partition coefficient (Wildman–Crippen LogP) is 4.94. The zero-order chi connectivity index (χ0) is 25.1. The van der Waals surface area contributed by atoms with Crippen molar-refractivity contribution in [1.82, 2.24) is 5.32 Å². The number of amides is 4. The van der Waals surface area contributed by atoms with Gasteiger partial charge in [0.2, 0.25) is 0 Å². The maximum Gasteiger partial charge on any atom is 0.335 e. The van der Waals surface area contributed by atoms with Gasteiger partial charge >= 0.3 is 12.0 Å². The van der Waals surface area contributed by atoms with Crippen LogP contribution in [0.25, 0.3) is 6.08 Å². The van der Waals surface area contributed by atoms with Gasteiger partial charge in [0.1, 0.15) is 17.9 Å². The van der Waals surface area contributed by atoms with Crippen molar-refractivity contribution in [2.24, 2.45) is 0 Å². The highest BCUT2D eigenvalue weighted by Crippen LogP contribution is 2.28. The Morgan fingerprint density at radius 3 is 2.40 bits per heavy atom. The fourth-order valence-corrected chi connectivity index (χ4v) is 3.79. The van der Waals surface area contributed by atoms with Crippen molar-refractivity contribution in [2.75, 3.05) is 4.90 Å². The molecule has 35 heavy (non-hydrogen) atoms. The number of nitrogens with zero attached hydrogens (tertiary/aromatic N) is 1. The van der Waals surface area contributed by atoms with E-state index in [1.807, 2.05) is 0 Å². The zero-order valence-corrected chi connectivity index (χ0v) is 19.3. The predicted molar refractivity (Wildman–Crippen MR) is 130 cm³/mol. The molecule has 0 radical (unpaired) electrons. The average molecular weight is 511 g/mol. The van der Waals surface area contributed by atoms with Crippen molar-refractivity contribution < 1.29 is 29.0 Å². The first-order chi connectivity index (χ1) is 16.7. The molecule has 10 heteroatoms. The Balaban J connectivity index is 1.63.